The van der Waals surface area contributed by atoms with Gasteiger partial charge in [0, 0.05) is 43.7 Å². The number of rotatable bonds is 4. The number of likely N-dealkylation sites (N-methyl/N-ethyl adjacent to an activating group) is 1. The number of hydrogen-bond acceptors (Lipinski definition) is 5. The standard InChI is InChI=1S/C19H26N4O3S/c1-21(2)17-8-11-23(14-17)27(25,26)18-5-3-4-16(12-18)19(24)22-9-6-15(13-20)7-10-22/h3-5,12,15,17H,6-11,14H2,1-2H3. The van der Waals surface area contributed by atoms with Crippen molar-refractivity contribution in [1.29, 1.82) is 5.26 Å². The lowest BCUT2D eigenvalue weighted by Gasteiger charge is -2.29. The second-order valence-electron chi connectivity index (χ2n) is 7.49. The van der Waals surface area contributed by atoms with Crippen LogP contribution >= 0.6 is 0 Å². The van der Waals surface area contributed by atoms with Gasteiger partial charge in [-0.3, -0.25) is 4.79 Å². The topological polar surface area (TPSA) is 84.7 Å². The summed E-state index contributed by atoms with van der Waals surface area (Å²) in [5.74, 6) is -0.170. The second kappa shape index (κ2) is 7.97. The molecular weight excluding hydrogens is 364 g/mol. The van der Waals surface area contributed by atoms with E-state index in [1.165, 1.54) is 10.4 Å². The zero-order valence-electron chi connectivity index (χ0n) is 15.8. The largest absolute Gasteiger partial charge is 0.339 e. The minimum atomic E-state index is -3.61. The molecule has 2 fully saturated rings. The predicted molar refractivity (Wildman–Crippen MR) is 102 cm³/mol. The highest BCUT2D eigenvalue weighted by molar-refractivity contribution is 7.89. The Morgan fingerprint density at radius 1 is 1.19 bits per heavy atom. The molecule has 1 aromatic rings. The normalized spacial score (nSPS) is 22.1. The number of hydrogen-bond donors (Lipinski definition) is 0. The molecule has 1 unspecified atom stereocenters. The molecule has 0 spiro atoms. The minimum absolute atomic E-state index is 0.000529. The molecule has 146 valence electrons. The lowest BCUT2D eigenvalue weighted by molar-refractivity contribution is 0.0707. The summed E-state index contributed by atoms with van der Waals surface area (Å²) in [6, 6.07) is 8.78. The molecular formula is C19H26N4O3S. The Balaban J connectivity index is 1.75. The summed E-state index contributed by atoms with van der Waals surface area (Å²) in [7, 11) is 0.296. The molecule has 0 N–H and O–H groups in total. The van der Waals surface area contributed by atoms with E-state index in [4.69, 9.17) is 5.26 Å². The monoisotopic (exact) mass is 390 g/mol. The van der Waals surface area contributed by atoms with Crippen LogP contribution in [0.2, 0.25) is 0 Å². The molecule has 1 aromatic carbocycles. The summed E-state index contributed by atoms with van der Waals surface area (Å²) in [4.78, 5) is 16.7. The maximum absolute atomic E-state index is 13.0. The van der Waals surface area contributed by atoms with Crippen molar-refractivity contribution in [1.82, 2.24) is 14.1 Å². The first-order valence-electron chi connectivity index (χ1n) is 9.28. The fourth-order valence-electron chi connectivity index (χ4n) is 3.68. The van der Waals surface area contributed by atoms with Crippen LogP contribution < -0.4 is 0 Å². The van der Waals surface area contributed by atoms with Gasteiger partial charge in [0.05, 0.1) is 11.0 Å². The second-order valence-corrected chi connectivity index (χ2v) is 9.43. The molecule has 2 aliphatic heterocycles. The smallest absolute Gasteiger partial charge is 0.253 e. The van der Waals surface area contributed by atoms with Gasteiger partial charge in [-0.25, -0.2) is 8.42 Å². The number of carbonyl (C=O) groups excluding carboxylic acids is 1. The number of nitriles is 1. The molecule has 1 atom stereocenters. The molecule has 0 bridgehead atoms. The van der Waals surface area contributed by atoms with Gasteiger partial charge in [-0.1, -0.05) is 6.07 Å². The first-order chi connectivity index (χ1) is 12.8. The van der Waals surface area contributed by atoms with Crippen LogP contribution in [0.5, 0.6) is 0 Å². The van der Waals surface area contributed by atoms with Crippen LogP contribution in [-0.4, -0.2) is 74.7 Å². The van der Waals surface area contributed by atoms with E-state index < -0.39 is 10.0 Å². The van der Waals surface area contributed by atoms with Gasteiger partial charge in [-0.15, -0.1) is 0 Å². The maximum Gasteiger partial charge on any atom is 0.253 e. The van der Waals surface area contributed by atoms with E-state index in [0.717, 1.165) is 6.42 Å². The number of amides is 1. The van der Waals surface area contributed by atoms with Crippen LogP contribution in [0.1, 0.15) is 29.6 Å². The summed E-state index contributed by atoms with van der Waals surface area (Å²) in [6.45, 7) is 2.02. The summed E-state index contributed by atoms with van der Waals surface area (Å²) < 4.78 is 27.5. The first-order valence-corrected chi connectivity index (χ1v) is 10.7. The van der Waals surface area contributed by atoms with Gasteiger partial charge in [-0.05, 0) is 51.6 Å². The highest BCUT2D eigenvalue weighted by Gasteiger charge is 2.34. The Hall–Kier alpha value is -1.95. The zero-order chi connectivity index (χ0) is 19.6. The average molecular weight is 391 g/mol. The Bertz CT molecular complexity index is 839. The van der Waals surface area contributed by atoms with Crippen LogP contribution in [0.15, 0.2) is 29.2 Å². The van der Waals surface area contributed by atoms with Crippen molar-refractivity contribution in [3.8, 4) is 6.07 Å². The predicted octanol–water partition coefficient (Wildman–Crippen LogP) is 1.39. The highest BCUT2D eigenvalue weighted by Crippen LogP contribution is 2.24. The summed E-state index contributed by atoms with van der Waals surface area (Å²) in [6.07, 6.45) is 2.14. The third-order valence-electron chi connectivity index (χ3n) is 5.54. The number of benzene rings is 1. The van der Waals surface area contributed by atoms with E-state index in [1.54, 1.807) is 23.1 Å². The molecule has 1 amide bonds. The molecule has 0 radical (unpaired) electrons. The first kappa shape index (κ1) is 19.8. The Morgan fingerprint density at radius 2 is 1.89 bits per heavy atom. The molecule has 7 nitrogen and oxygen atoms in total. The Morgan fingerprint density at radius 3 is 2.48 bits per heavy atom. The van der Waals surface area contributed by atoms with Crippen LogP contribution in [0.25, 0.3) is 0 Å². The van der Waals surface area contributed by atoms with Crippen molar-refractivity contribution in [2.45, 2.75) is 30.2 Å². The number of likely N-dealkylation sites (tertiary alicyclic amines) is 1. The molecule has 0 aromatic heterocycles. The van der Waals surface area contributed by atoms with Crippen molar-refractivity contribution >= 4 is 15.9 Å². The van der Waals surface area contributed by atoms with Crippen LogP contribution in [0.4, 0.5) is 0 Å². The van der Waals surface area contributed by atoms with E-state index >= 15 is 0 Å². The summed E-state index contributed by atoms with van der Waals surface area (Å²) in [5, 5.41) is 8.99. The van der Waals surface area contributed by atoms with Crippen LogP contribution in [0, 0.1) is 17.2 Å². The van der Waals surface area contributed by atoms with Crippen molar-refractivity contribution in [3.05, 3.63) is 29.8 Å². The van der Waals surface area contributed by atoms with Gasteiger partial charge in [-0.2, -0.15) is 9.57 Å². The van der Waals surface area contributed by atoms with E-state index in [-0.39, 0.29) is 22.8 Å². The maximum atomic E-state index is 13.0. The quantitative estimate of drug-likeness (QED) is 0.776. The SMILES string of the molecule is CN(C)C1CCN(S(=O)(=O)c2cccc(C(=O)N3CCC(C#N)CC3)c2)C1. The van der Waals surface area contributed by atoms with E-state index in [0.29, 0.717) is 44.6 Å². The number of sulfonamides is 1. The van der Waals surface area contributed by atoms with Crippen molar-refractivity contribution < 1.29 is 13.2 Å². The molecule has 27 heavy (non-hydrogen) atoms. The van der Waals surface area contributed by atoms with Crippen molar-refractivity contribution in [3.63, 3.8) is 0 Å². The summed E-state index contributed by atoms with van der Waals surface area (Å²) in [5.41, 5.74) is 0.384. The number of piperidine rings is 1. The molecule has 2 aliphatic rings. The number of carbonyl (C=O) groups is 1. The lowest BCUT2D eigenvalue weighted by Crippen LogP contribution is -2.38. The Labute approximate surface area is 161 Å². The van der Waals surface area contributed by atoms with Gasteiger partial charge >= 0.3 is 0 Å². The van der Waals surface area contributed by atoms with Crippen LogP contribution in [-0.2, 0) is 10.0 Å². The van der Waals surface area contributed by atoms with Crippen LogP contribution in [0.3, 0.4) is 0 Å². The van der Waals surface area contributed by atoms with Crippen molar-refractivity contribution in [2.75, 3.05) is 40.3 Å². The van der Waals surface area contributed by atoms with Gasteiger partial charge < -0.3 is 9.80 Å². The lowest BCUT2D eigenvalue weighted by atomic mass is 9.98. The molecule has 2 heterocycles. The fraction of sp³-hybridized carbons (Fsp3) is 0.579. The average Bonchev–Trinajstić information content (AvgIpc) is 3.19. The molecule has 8 heteroatoms. The zero-order valence-corrected chi connectivity index (χ0v) is 16.7. The van der Waals surface area contributed by atoms with Crippen molar-refractivity contribution in [2.24, 2.45) is 5.92 Å². The molecule has 0 aliphatic carbocycles. The number of nitrogens with zero attached hydrogens (tertiary/aromatic N) is 4. The molecule has 2 saturated heterocycles. The minimum Gasteiger partial charge on any atom is -0.339 e. The van der Waals surface area contributed by atoms with E-state index in [9.17, 15) is 13.2 Å². The third-order valence-corrected chi connectivity index (χ3v) is 7.40. The van der Waals surface area contributed by atoms with E-state index in [1.807, 2.05) is 19.0 Å². The van der Waals surface area contributed by atoms with Gasteiger partial charge in [0.15, 0.2) is 0 Å². The fourth-order valence-corrected chi connectivity index (χ4v) is 5.22. The third kappa shape index (κ3) is 4.15. The van der Waals surface area contributed by atoms with E-state index in [2.05, 4.69) is 6.07 Å². The highest BCUT2D eigenvalue weighted by atomic mass is 32.2. The molecule has 0 saturated carbocycles. The van der Waals surface area contributed by atoms with Gasteiger partial charge in [0.2, 0.25) is 10.0 Å². The summed E-state index contributed by atoms with van der Waals surface area (Å²) >= 11 is 0. The van der Waals surface area contributed by atoms with Gasteiger partial charge in [0.1, 0.15) is 0 Å². The van der Waals surface area contributed by atoms with Gasteiger partial charge in [0.25, 0.3) is 5.91 Å². The molecule has 3 rings (SSSR count). The Kier molecular flexibility index (Phi) is 5.84.